The minimum Gasteiger partial charge on any atom is -0.306 e. The fourth-order valence-electron chi connectivity index (χ4n) is 1.99. The molecule has 104 valence electrons. The molecule has 5 nitrogen and oxygen atoms in total. The molecule has 1 saturated heterocycles. The molecule has 0 aromatic heterocycles. The van der Waals surface area contributed by atoms with Gasteiger partial charge < -0.3 is 10.2 Å². The number of anilines is 1. The van der Waals surface area contributed by atoms with Gasteiger partial charge >= 0.3 is 6.03 Å². The van der Waals surface area contributed by atoms with Crippen LogP contribution in [0.1, 0.15) is 12.8 Å². The van der Waals surface area contributed by atoms with Crippen LogP contribution in [0.2, 0.25) is 5.02 Å². The summed E-state index contributed by atoms with van der Waals surface area (Å²) in [6.45, 7) is 3.59. The summed E-state index contributed by atoms with van der Waals surface area (Å²) in [5.41, 5.74) is 3.03. The molecule has 1 aliphatic rings. The van der Waals surface area contributed by atoms with E-state index in [-0.39, 0.29) is 6.03 Å². The molecule has 2 rings (SSSR count). The van der Waals surface area contributed by atoms with Crippen molar-refractivity contribution in [2.75, 3.05) is 31.6 Å². The Labute approximate surface area is 117 Å². The van der Waals surface area contributed by atoms with Gasteiger partial charge in [0.1, 0.15) is 0 Å². The molecule has 6 heteroatoms. The monoisotopic (exact) mass is 283 g/mol. The highest BCUT2D eigenvalue weighted by molar-refractivity contribution is 6.30. The molecular weight excluding hydrogens is 266 g/mol. The number of hydrogen-bond acceptors (Lipinski definition) is 3. The second-order valence-electron chi connectivity index (χ2n) is 4.46. The van der Waals surface area contributed by atoms with Gasteiger partial charge in [0.15, 0.2) is 0 Å². The van der Waals surface area contributed by atoms with Gasteiger partial charge in [0.25, 0.3) is 0 Å². The van der Waals surface area contributed by atoms with Gasteiger partial charge in [0.2, 0.25) is 0 Å². The minimum atomic E-state index is -0.385. The number of amides is 2. The van der Waals surface area contributed by atoms with Gasteiger partial charge in [-0.25, -0.2) is 10.3 Å². The lowest BCUT2D eigenvalue weighted by Crippen LogP contribution is -2.32. The topological polar surface area (TPSA) is 53.6 Å². The maximum atomic E-state index is 11.5. The molecule has 1 aromatic carbocycles. The molecule has 1 fully saturated rings. The molecule has 2 amide bonds. The maximum absolute atomic E-state index is 11.5. The molecule has 0 radical (unpaired) electrons. The zero-order chi connectivity index (χ0) is 13.5. The third-order valence-electron chi connectivity index (χ3n) is 2.98. The number of nitrogens with zero attached hydrogens (tertiary/aromatic N) is 1. The lowest BCUT2D eigenvalue weighted by Gasteiger charge is -2.14. The van der Waals surface area contributed by atoms with Crippen molar-refractivity contribution in [3.63, 3.8) is 0 Å². The van der Waals surface area contributed by atoms with Crippen molar-refractivity contribution < 1.29 is 9.63 Å². The van der Waals surface area contributed by atoms with Crippen LogP contribution in [0.25, 0.3) is 0 Å². The number of hydrogen-bond donors (Lipinski definition) is 2. The largest absolute Gasteiger partial charge is 0.343 e. The zero-order valence-corrected chi connectivity index (χ0v) is 11.4. The maximum Gasteiger partial charge on any atom is 0.343 e. The Hall–Kier alpha value is -1.30. The number of nitrogens with one attached hydrogen (secondary N) is 2. The van der Waals surface area contributed by atoms with Crippen molar-refractivity contribution in [3.05, 3.63) is 29.3 Å². The average molecular weight is 284 g/mol. The predicted octanol–water partition coefficient (Wildman–Crippen LogP) is 2.49. The predicted molar refractivity (Wildman–Crippen MR) is 75.2 cm³/mol. The average Bonchev–Trinajstić information content (AvgIpc) is 2.91. The summed E-state index contributed by atoms with van der Waals surface area (Å²) in [6, 6.07) is 6.50. The molecule has 0 spiro atoms. The van der Waals surface area contributed by atoms with E-state index in [1.165, 1.54) is 12.8 Å². The van der Waals surface area contributed by atoms with Crippen molar-refractivity contribution in [1.29, 1.82) is 0 Å². The number of halogens is 1. The van der Waals surface area contributed by atoms with Gasteiger partial charge in [-0.05, 0) is 50.2 Å². The molecular formula is C13H18ClN3O2. The Kier molecular flexibility index (Phi) is 5.44. The number of carbonyl (C=O) groups excluding carboxylic acids is 1. The number of carbonyl (C=O) groups is 1. The molecule has 0 bridgehead atoms. The van der Waals surface area contributed by atoms with E-state index in [4.69, 9.17) is 16.4 Å². The smallest absolute Gasteiger partial charge is 0.306 e. The molecule has 19 heavy (non-hydrogen) atoms. The highest BCUT2D eigenvalue weighted by Gasteiger charge is 2.10. The second-order valence-corrected chi connectivity index (χ2v) is 4.90. The van der Waals surface area contributed by atoms with E-state index in [1.54, 1.807) is 24.3 Å². The van der Waals surface area contributed by atoms with Gasteiger partial charge in [0, 0.05) is 17.3 Å². The highest BCUT2D eigenvalue weighted by atomic mass is 35.5. The molecule has 0 saturated carbocycles. The normalized spacial score (nSPS) is 15.4. The fourth-order valence-corrected chi connectivity index (χ4v) is 2.11. The SMILES string of the molecule is O=C(NOCCN1CCCC1)Nc1ccc(Cl)cc1. The highest BCUT2D eigenvalue weighted by Crippen LogP contribution is 2.13. The quantitative estimate of drug-likeness (QED) is 0.645. The standard InChI is InChI=1S/C13H18ClN3O2/c14-11-3-5-12(6-4-11)15-13(18)16-19-10-9-17-7-1-2-8-17/h3-6H,1-2,7-10H2,(H2,15,16,18). The van der Waals surface area contributed by atoms with Crippen LogP contribution in [-0.4, -0.2) is 37.2 Å². The van der Waals surface area contributed by atoms with E-state index < -0.39 is 0 Å². The van der Waals surface area contributed by atoms with Crippen molar-refractivity contribution in [2.45, 2.75) is 12.8 Å². The lowest BCUT2D eigenvalue weighted by molar-refractivity contribution is 0.0526. The summed E-state index contributed by atoms with van der Waals surface area (Å²) >= 11 is 5.76. The van der Waals surface area contributed by atoms with Crippen molar-refractivity contribution >= 4 is 23.3 Å². The molecule has 1 aromatic rings. The summed E-state index contributed by atoms with van der Waals surface area (Å²) in [6.07, 6.45) is 2.51. The lowest BCUT2D eigenvalue weighted by atomic mass is 10.3. The minimum absolute atomic E-state index is 0.385. The molecule has 2 N–H and O–H groups in total. The van der Waals surface area contributed by atoms with Gasteiger partial charge in [-0.3, -0.25) is 4.84 Å². The van der Waals surface area contributed by atoms with Crippen LogP contribution >= 0.6 is 11.6 Å². The summed E-state index contributed by atoms with van der Waals surface area (Å²) in [7, 11) is 0. The van der Waals surface area contributed by atoms with Crippen LogP contribution in [-0.2, 0) is 4.84 Å². The third kappa shape index (κ3) is 5.06. The number of urea groups is 1. The molecule has 1 heterocycles. The fraction of sp³-hybridized carbons (Fsp3) is 0.462. The zero-order valence-electron chi connectivity index (χ0n) is 10.7. The van der Waals surface area contributed by atoms with E-state index >= 15 is 0 Å². The van der Waals surface area contributed by atoms with Gasteiger partial charge in [-0.2, -0.15) is 0 Å². The first-order chi connectivity index (χ1) is 9.24. The Morgan fingerprint density at radius 3 is 2.63 bits per heavy atom. The van der Waals surface area contributed by atoms with Gasteiger partial charge in [-0.15, -0.1) is 0 Å². The van der Waals surface area contributed by atoms with Gasteiger partial charge in [-0.1, -0.05) is 11.6 Å². The summed E-state index contributed by atoms with van der Waals surface area (Å²) in [4.78, 5) is 18.9. The van der Waals surface area contributed by atoms with E-state index in [1.807, 2.05) is 0 Å². The van der Waals surface area contributed by atoms with E-state index in [0.717, 1.165) is 19.6 Å². The Morgan fingerprint density at radius 1 is 1.26 bits per heavy atom. The summed E-state index contributed by atoms with van der Waals surface area (Å²) in [5, 5.41) is 3.28. The van der Waals surface area contributed by atoms with Gasteiger partial charge in [0.05, 0.1) is 6.61 Å². The van der Waals surface area contributed by atoms with Crippen LogP contribution in [0.15, 0.2) is 24.3 Å². The number of hydroxylamine groups is 1. The number of likely N-dealkylation sites (tertiary alicyclic amines) is 1. The Balaban J connectivity index is 1.60. The van der Waals surface area contributed by atoms with Crippen molar-refractivity contribution in [1.82, 2.24) is 10.4 Å². The Morgan fingerprint density at radius 2 is 1.95 bits per heavy atom. The van der Waals surface area contributed by atoms with E-state index in [9.17, 15) is 4.79 Å². The van der Waals surface area contributed by atoms with Crippen LogP contribution in [0.4, 0.5) is 10.5 Å². The number of rotatable bonds is 5. The van der Waals surface area contributed by atoms with Crippen LogP contribution in [0.5, 0.6) is 0 Å². The molecule has 0 atom stereocenters. The van der Waals surface area contributed by atoms with Crippen LogP contribution in [0.3, 0.4) is 0 Å². The summed E-state index contributed by atoms with van der Waals surface area (Å²) < 4.78 is 0. The van der Waals surface area contributed by atoms with Crippen molar-refractivity contribution in [3.8, 4) is 0 Å². The Bertz CT molecular complexity index is 405. The third-order valence-corrected chi connectivity index (χ3v) is 3.23. The molecule has 0 unspecified atom stereocenters. The van der Waals surface area contributed by atoms with Crippen LogP contribution < -0.4 is 10.8 Å². The van der Waals surface area contributed by atoms with Crippen molar-refractivity contribution in [2.24, 2.45) is 0 Å². The first kappa shape index (κ1) is 14.1. The van der Waals surface area contributed by atoms with E-state index in [0.29, 0.717) is 17.3 Å². The number of benzene rings is 1. The molecule has 0 aliphatic carbocycles. The summed E-state index contributed by atoms with van der Waals surface area (Å²) in [5.74, 6) is 0. The first-order valence-electron chi connectivity index (χ1n) is 6.41. The first-order valence-corrected chi connectivity index (χ1v) is 6.78. The van der Waals surface area contributed by atoms with E-state index in [2.05, 4.69) is 15.7 Å². The second kappa shape index (κ2) is 7.33. The molecule has 1 aliphatic heterocycles. The van der Waals surface area contributed by atoms with Crippen LogP contribution in [0, 0.1) is 0 Å².